The second kappa shape index (κ2) is 5.16. The Labute approximate surface area is 105 Å². The van der Waals surface area contributed by atoms with Crippen LogP contribution in [0.1, 0.15) is 18.5 Å². The summed E-state index contributed by atoms with van der Waals surface area (Å²) in [7, 11) is 0. The number of fused-ring (bicyclic) bond motifs is 1. The lowest BCUT2D eigenvalue weighted by molar-refractivity contribution is 0.0766. The van der Waals surface area contributed by atoms with Gasteiger partial charge in [-0.2, -0.15) is 0 Å². The fourth-order valence-corrected chi connectivity index (χ4v) is 2.96. The van der Waals surface area contributed by atoms with Gasteiger partial charge in [-0.3, -0.25) is 4.40 Å². The van der Waals surface area contributed by atoms with Crippen LogP contribution in [0.15, 0.2) is 17.8 Å². The molecule has 0 amide bonds. The molecule has 2 aromatic rings. The molecule has 17 heavy (non-hydrogen) atoms. The Morgan fingerprint density at radius 2 is 2.59 bits per heavy atom. The van der Waals surface area contributed by atoms with Crippen molar-refractivity contribution < 1.29 is 4.74 Å². The molecule has 1 N–H and O–H groups in total. The standard InChI is InChI=1S/C12H17N3OS/c1-2-10(6-13-3-1)8-16-9-11-7-15-4-5-17-12(15)14-11/h4-5,7,10,13H,1-3,6,8-9H2. The summed E-state index contributed by atoms with van der Waals surface area (Å²) in [5.74, 6) is 0.674. The number of piperidine rings is 1. The van der Waals surface area contributed by atoms with Crippen molar-refractivity contribution in [3.05, 3.63) is 23.5 Å². The topological polar surface area (TPSA) is 38.6 Å². The minimum atomic E-state index is 0.630. The average Bonchev–Trinajstić information content (AvgIpc) is 2.91. The van der Waals surface area contributed by atoms with E-state index in [2.05, 4.69) is 10.3 Å². The lowest BCUT2D eigenvalue weighted by Crippen LogP contribution is -2.32. The van der Waals surface area contributed by atoms with Gasteiger partial charge in [-0.25, -0.2) is 4.98 Å². The van der Waals surface area contributed by atoms with Gasteiger partial charge in [-0.1, -0.05) is 0 Å². The van der Waals surface area contributed by atoms with E-state index in [1.807, 2.05) is 22.2 Å². The maximum atomic E-state index is 5.75. The molecule has 1 unspecified atom stereocenters. The zero-order chi connectivity index (χ0) is 11.5. The Bertz CT molecular complexity index is 444. The summed E-state index contributed by atoms with van der Waals surface area (Å²) >= 11 is 1.66. The molecule has 2 aromatic heterocycles. The first-order chi connectivity index (χ1) is 8.42. The molecule has 3 rings (SSSR count). The number of imidazole rings is 1. The highest BCUT2D eigenvalue weighted by Crippen LogP contribution is 2.14. The molecule has 1 saturated heterocycles. The summed E-state index contributed by atoms with van der Waals surface area (Å²) in [5, 5.41) is 5.45. The molecule has 1 aliphatic rings. The zero-order valence-electron chi connectivity index (χ0n) is 9.76. The van der Waals surface area contributed by atoms with Crippen LogP contribution in [0.5, 0.6) is 0 Å². The largest absolute Gasteiger partial charge is 0.375 e. The van der Waals surface area contributed by atoms with Crippen LogP contribution >= 0.6 is 11.3 Å². The first-order valence-electron chi connectivity index (χ1n) is 6.11. The van der Waals surface area contributed by atoms with Crippen LogP contribution in [-0.4, -0.2) is 29.1 Å². The molecule has 5 heteroatoms. The molecular weight excluding hydrogens is 234 g/mol. The number of nitrogens with one attached hydrogen (secondary N) is 1. The van der Waals surface area contributed by atoms with Crippen molar-refractivity contribution in [2.45, 2.75) is 19.4 Å². The van der Waals surface area contributed by atoms with E-state index in [1.54, 1.807) is 11.3 Å². The summed E-state index contributed by atoms with van der Waals surface area (Å²) < 4.78 is 7.79. The summed E-state index contributed by atoms with van der Waals surface area (Å²) in [5.41, 5.74) is 1.03. The second-order valence-corrected chi connectivity index (χ2v) is 5.43. The third kappa shape index (κ3) is 2.68. The van der Waals surface area contributed by atoms with Crippen molar-refractivity contribution in [1.82, 2.24) is 14.7 Å². The van der Waals surface area contributed by atoms with Gasteiger partial charge in [0.25, 0.3) is 0 Å². The first kappa shape index (κ1) is 11.2. The van der Waals surface area contributed by atoms with E-state index in [4.69, 9.17) is 4.74 Å². The van der Waals surface area contributed by atoms with Crippen LogP contribution in [0.2, 0.25) is 0 Å². The average molecular weight is 251 g/mol. The summed E-state index contributed by atoms with van der Waals surface area (Å²) in [6.45, 7) is 3.73. The van der Waals surface area contributed by atoms with Gasteiger partial charge >= 0.3 is 0 Å². The fraction of sp³-hybridized carbons (Fsp3) is 0.583. The van der Waals surface area contributed by atoms with E-state index in [1.165, 1.54) is 12.8 Å². The molecule has 1 atom stereocenters. The predicted octanol–water partition coefficient (Wildman–Crippen LogP) is 1.91. The van der Waals surface area contributed by atoms with Crippen molar-refractivity contribution in [3.8, 4) is 0 Å². The summed E-state index contributed by atoms with van der Waals surface area (Å²) in [4.78, 5) is 5.54. The third-order valence-corrected chi connectivity index (χ3v) is 3.92. The fourth-order valence-electron chi connectivity index (χ4n) is 2.24. The highest BCUT2D eigenvalue weighted by molar-refractivity contribution is 7.15. The summed E-state index contributed by atoms with van der Waals surface area (Å²) in [6, 6.07) is 0. The van der Waals surface area contributed by atoms with Crippen molar-refractivity contribution in [3.63, 3.8) is 0 Å². The number of rotatable bonds is 4. The predicted molar refractivity (Wildman–Crippen MR) is 68.3 cm³/mol. The van der Waals surface area contributed by atoms with Gasteiger partial charge < -0.3 is 10.1 Å². The molecule has 1 aliphatic heterocycles. The number of hydrogen-bond donors (Lipinski definition) is 1. The third-order valence-electron chi connectivity index (χ3n) is 3.15. The van der Waals surface area contributed by atoms with Crippen molar-refractivity contribution in [2.75, 3.05) is 19.7 Å². The van der Waals surface area contributed by atoms with E-state index in [0.717, 1.165) is 30.4 Å². The number of thiazole rings is 1. The van der Waals surface area contributed by atoms with Gasteiger partial charge in [0.1, 0.15) is 0 Å². The normalized spacial score (nSPS) is 21.1. The molecule has 0 spiro atoms. The van der Waals surface area contributed by atoms with E-state index in [-0.39, 0.29) is 0 Å². The Hall–Kier alpha value is -0.910. The monoisotopic (exact) mass is 251 g/mol. The van der Waals surface area contributed by atoms with Crippen molar-refractivity contribution >= 4 is 16.3 Å². The first-order valence-corrected chi connectivity index (χ1v) is 6.99. The van der Waals surface area contributed by atoms with Crippen LogP contribution in [0.3, 0.4) is 0 Å². The van der Waals surface area contributed by atoms with Gasteiger partial charge in [0.2, 0.25) is 0 Å². The van der Waals surface area contributed by atoms with Gasteiger partial charge in [0.05, 0.1) is 18.9 Å². The van der Waals surface area contributed by atoms with Crippen LogP contribution in [0, 0.1) is 5.92 Å². The van der Waals surface area contributed by atoms with Crippen LogP contribution in [-0.2, 0) is 11.3 Å². The van der Waals surface area contributed by atoms with Gasteiger partial charge in [0, 0.05) is 24.3 Å². The minimum absolute atomic E-state index is 0.630. The molecule has 0 radical (unpaired) electrons. The lowest BCUT2D eigenvalue weighted by atomic mass is 10.0. The Morgan fingerprint density at radius 3 is 3.41 bits per heavy atom. The Balaban J connectivity index is 1.49. The molecular formula is C12H17N3OS. The highest BCUT2D eigenvalue weighted by atomic mass is 32.1. The number of ether oxygens (including phenoxy) is 1. The molecule has 0 aliphatic carbocycles. The number of nitrogens with zero attached hydrogens (tertiary/aromatic N) is 2. The molecule has 92 valence electrons. The van der Waals surface area contributed by atoms with E-state index in [9.17, 15) is 0 Å². The van der Waals surface area contributed by atoms with Gasteiger partial charge in [-0.15, -0.1) is 11.3 Å². The maximum absolute atomic E-state index is 5.75. The summed E-state index contributed by atoms with van der Waals surface area (Å²) in [6.07, 6.45) is 6.63. The molecule has 0 bridgehead atoms. The van der Waals surface area contributed by atoms with Gasteiger partial charge in [-0.05, 0) is 25.3 Å². The zero-order valence-corrected chi connectivity index (χ0v) is 10.6. The van der Waals surface area contributed by atoms with E-state index >= 15 is 0 Å². The van der Waals surface area contributed by atoms with Crippen LogP contribution in [0.25, 0.3) is 4.96 Å². The number of aromatic nitrogens is 2. The van der Waals surface area contributed by atoms with Crippen LogP contribution in [0.4, 0.5) is 0 Å². The van der Waals surface area contributed by atoms with Crippen molar-refractivity contribution in [1.29, 1.82) is 0 Å². The quantitative estimate of drug-likeness (QED) is 0.902. The number of hydrogen-bond acceptors (Lipinski definition) is 4. The molecule has 0 saturated carbocycles. The lowest BCUT2D eigenvalue weighted by Gasteiger charge is -2.22. The Morgan fingerprint density at radius 1 is 1.59 bits per heavy atom. The maximum Gasteiger partial charge on any atom is 0.193 e. The van der Waals surface area contributed by atoms with Crippen LogP contribution < -0.4 is 5.32 Å². The van der Waals surface area contributed by atoms with Crippen molar-refractivity contribution in [2.24, 2.45) is 5.92 Å². The van der Waals surface area contributed by atoms with E-state index < -0.39 is 0 Å². The second-order valence-electron chi connectivity index (χ2n) is 4.55. The molecule has 0 aromatic carbocycles. The smallest absolute Gasteiger partial charge is 0.193 e. The minimum Gasteiger partial charge on any atom is -0.375 e. The molecule has 3 heterocycles. The molecule has 1 fully saturated rings. The highest BCUT2D eigenvalue weighted by Gasteiger charge is 2.13. The van der Waals surface area contributed by atoms with E-state index in [0.29, 0.717) is 12.5 Å². The molecule has 4 nitrogen and oxygen atoms in total. The SMILES string of the molecule is c1cn2cc(COCC3CCCNC3)nc2s1. The van der Waals surface area contributed by atoms with Gasteiger partial charge in [0.15, 0.2) is 4.96 Å². The Kier molecular flexibility index (Phi) is 3.40.